The van der Waals surface area contributed by atoms with Crippen molar-refractivity contribution in [2.24, 2.45) is 0 Å². The highest BCUT2D eigenvalue weighted by molar-refractivity contribution is 5.72. The maximum Gasteiger partial charge on any atom is 0.260 e. The van der Waals surface area contributed by atoms with Gasteiger partial charge in [-0.05, 0) is 31.2 Å². The molecule has 0 amide bonds. The van der Waals surface area contributed by atoms with E-state index in [1.165, 1.54) is 0 Å². The number of furan rings is 1. The highest BCUT2D eigenvalue weighted by atomic mass is 16.5. The second-order valence-corrected chi connectivity index (χ2v) is 4.42. The lowest BCUT2D eigenvalue weighted by molar-refractivity contribution is 0.425. The summed E-state index contributed by atoms with van der Waals surface area (Å²) in [6.45, 7) is 2.24. The van der Waals surface area contributed by atoms with E-state index in [1.54, 1.807) is 19.1 Å². The van der Waals surface area contributed by atoms with Crippen molar-refractivity contribution in [1.29, 1.82) is 5.26 Å². The third kappa shape index (κ3) is 2.77. The van der Waals surface area contributed by atoms with Gasteiger partial charge in [0.15, 0.2) is 5.82 Å². The Morgan fingerprint density at radius 1 is 1.24 bits per heavy atom. The van der Waals surface area contributed by atoms with Gasteiger partial charge < -0.3 is 14.3 Å². The van der Waals surface area contributed by atoms with Gasteiger partial charge >= 0.3 is 0 Å². The first-order valence-corrected chi connectivity index (χ1v) is 6.38. The Hall–Kier alpha value is -3.07. The van der Waals surface area contributed by atoms with Gasteiger partial charge in [0.1, 0.15) is 11.8 Å². The second-order valence-electron chi connectivity index (χ2n) is 4.42. The molecule has 1 N–H and O–H groups in total. The largest absolute Gasteiger partial charge is 0.449 e. The molecule has 0 atom stereocenters. The van der Waals surface area contributed by atoms with Crippen LogP contribution in [0.3, 0.4) is 0 Å². The second kappa shape index (κ2) is 5.51. The summed E-state index contributed by atoms with van der Waals surface area (Å²) in [5.74, 6) is 2.04. The highest BCUT2D eigenvalue weighted by Crippen LogP contribution is 2.26. The third-order valence-electron chi connectivity index (χ3n) is 2.91. The van der Waals surface area contributed by atoms with E-state index in [1.807, 2.05) is 30.3 Å². The first kappa shape index (κ1) is 12.9. The molecule has 104 valence electrons. The minimum atomic E-state index is 0.299. The lowest BCUT2D eigenvalue weighted by Crippen LogP contribution is -1.99. The van der Waals surface area contributed by atoms with Crippen LogP contribution in [-0.4, -0.2) is 10.1 Å². The molecular weight excluding hydrogens is 268 g/mol. The van der Waals surface area contributed by atoms with Gasteiger partial charge in [0.05, 0.1) is 12.1 Å². The molecule has 0 fully saturated rings. The Bertz CT molecular complexity index is 798. The van der Waals surface area contributed by atoms with Crippen LogP contribution in [-0.2, 0) is 6.54 Å². The lowest BCUT2D eigenvalue weighted by Gasteiger charge is -2.07. The van der Waals surface area contributed by atoms with Gasteiger partial charge in [-0.2, -0.15) is 10.2 Å². The molecule has 0 spiro atoms. The fraction of sp³-hybridized carbons (Fsp3) is 0.133. The molecule has 3 aromatic rings. The minimum Gasteiger partial charge on any atom is -0.449 e. The molecule has 0 unspecified atom stereocenters. The lowest BCUT2D eigenvalue weighted by atomic mass is 10.1. The Kier molecular flexibility index (Phi) is 3.39. The quantitative estimate of drug-likeness (QED) is 0.790. The van der Waals surface area contributed by atoms with Gasteiger partial charge in [-0.3, -0.25) is 0 Å². The molecule has 0 radical (unpaired) electrons. The van der Waals surface area contributed by atoms with Crippen LogP contribution in [0.5, 0.6) is 0 Å². The van der Waals surface area contributed by atoms with Gasteiger partial charge in [-0.1, -0.05) is 17.3 Å². The molecule has 0 aliphatic carbocycles. The normalized spacial score (nSPS) is 10.3. The van der Waals surface area contributed by atoms with E-state index < -0.39 is 0 Å². The maximum atomic E-state index is 8.74. The SMILES string of the molecule is Cc1noc(-c2ccccc2NCc2ccc(C#N)o2)n1. The summed E-state index contributed by atoms with van der Waals surface area (Å²) in [5.41, 5.74) is 1.68. The Balaban J connectivity index is 1.81. The third-order valence-corrected chi connectivity index (χ3v) is 2.91. The van der Waals surface area contributed by atoms with Gasteiger partial charge in [0.2, 0.25) is 5.76 Å². The molecule has 21 heavy (non-hydrogen) atoms. The van der Waals surface area contributed by atoms with E-state index >= 15 is 0 Å². The first-order chi connectivity index (χ1) is 10.3. The summed E-state index contributed by atoms with van der Waals surface area (Å²) >= 11 is 0. The molecule has 1 aromatic carbocycles. The van der Waals surface area contributed by atoms with Crippen LogP contribution in [0.2, 0.25) is 0 Å². The number of anilines is 1. The number of hydrogen-bond acceptors (Lipinski definition) is 6. The number of aromatic nitrogens is 2. The molecule has 0 bridgehead atoms. The summed E-state index contributed by atoms with van der Waals surface area (Å²) in [6, 6.07) is 13.0. The summed E-state index contributed by atoms with van der Waals surface area (Å²) in [5, 5.41) is 15.8. The van der Waals surface area contributed by atoms with E-state index in [0.29, 0.717) is 29.8 Å². The molecule has 6 nitrogen and oxygen atoms in total. The molecule has 2 heterocycles. The number of rotatable bonds is 4. The molecule has 3 rings (SSSR count). The van der Waals surface area contributed by atoms with Crippen molar-refractivity contribution in [3.05, 3.63) is 53.7 Å². The van der Waals surface area contributed by atoms with Crippen LogP contribution in [0.1, 0.15) is 17.3 Å². The van der Waals surface area contributed by atoms with Crippen LogP contribution in [0.4, 0.5) is 5.69 Å². The fourth-order valence-corrected chi connectivity index (χ4v) is 1.95. The number of benzene rings is 1. The van der Waals surface area contributed by atoms with Crippen molar-refractivity contribution < 1.29 is 8.94 Å². The van der Waals surface area contributed by atoms with Crippen LogP contribution in [0.25, 0.3) is 11.5 Å². The number of nitriles is 1. The standard InChI is InChI=1S/C15H12N4O2/c1-10-18-15(21-19-10)13-4-2-3-5-14(13)17-9-12-7-6-11(8-16)20-12/h2-7,17H,9H2,1H3. The van der Waals surface area contributed by atoms with Gasteiger partial charge in [-0.25, -0.2) is 0 Å². The van der Waals surface area contributed by atoms with Gasteiger partial charge in [0, 0.05) is 5.69 Å². The predicted octanol–water partition coefficient (Wildman–Crippen LogP) is 3.12. The van der Waals surface area contributed by atoms with Crippen LogP contribution in [0.15, 0.2) is 45.3 Å². The molecule has 0 aliphatic rings. The zero-order chi connectivity index (χ0) is 14.7. The average molecular weight is 280 g/mol. The Morgan fingerprint density at radius 3 is 2.81 bits per heavy atom. The molecule has 6 heteroatoms. The number of aryl methyl sites for hydroxylation is 1. The van der Waals surface area contributed by atoms with E-state index in [2.05, 4.69) is 15.5 Å². The van der Waals surface area contributed by atoms with Crippen LogP contribution >= 0.6 is 0 Å². The topological polar surface area (TPSA) is 87.9 Å². The van der Waals surface area contributed by atoms with E-state index in [9.17, 15) is 0 Å². The Morgan fingerprint density at radius 2 is 2.10 bits per heavy atom. The number of nitrogens with one attached hydrogen (secondary N) is 1. The zero-order valence-corrected chi connectivity index (χ0v) is 11.3. The summed E-state index contributed by atoms with van der Waals surface area (Å²) in [7, 11) is 0. The van der Waals surface area contributed by atoms with Crippen molar-refractivity contribution in [2.75, 3.05) is 5.32 Å². The number of hydrogen-bond donors (Lipinski definition) is 1. The molecule has 0 saturated carbocycles. The first-order valence-electron chi connectivity index (χ1n) is 6.38. The fourth-order valence-electron chi connectivity index (χ4n) is 1.95. The highest BCUT2D eigenvalue weighted by Gasteiger charge is 2.11. The van der Waals surface area contributed by atoms with Gasteiger partial charge in [-0.15, -0.1) is 0 Å². The van der Waals surface area contributed by atoms with E-state index in [0.717, 1.165) is 11.3 Å². The van der Waals surface area contributed by atoms with Crippen LogP contribution < -0.4 is 5.32 Å². The van der Waals surface area contributed by atoms with E-state index in [4.69, 9.17) is 14.2 Å². The van der Waals surface area contributed by atoms with Crippen molar-refractivity contribution in [2.45, 2.75) is 13.5 Å². The van der Waals surface area contributed by atoms with Crippen LogP contribution in [0, 0.1) is 18.3 Å². The maximum absolute atomic E-state index is 8.74. The van der Waals surface area contributed by atoms with Crippen molar-refractivity contribution in [3.8, 4) is 17.5 Å². The summed E-state index contributed by atoms with van der Waals surface area (Å²) in [4.78, 5) is 4.23. The molecule has 0 aliphatic heterocycles. The molecule has 0 saturated heterocycles. The van der Waals surface area contributed by atoms with Crippen molar-refractivity contribution >= 4 is 5.69 Å². The predicted molar refractivity (Wildman–Crippen MR) is 75.2 cm³/mol. The number of para-hydroxylation sites is 1. The summed E-state index contributed by atoms with van der Waals surface area (Å²) < 4.78 is 10.5. The van der Waals surface area contributed by atoms with Gasteiger partial charge in [0.25, 0.3) is 5.89 Å². The summed E-state index contributed by atoms with van der Waals surface area (Å²) in [6.07, 6.45) is 0. The number of nitrogens with zero attached hydrogens (tertiary/aromatic N) is 3. The minimum absolute atomic E-state index is 0.299. The molecular formula is C15H12N4O2. The van der Waals surface area contributed by atoms with Crippen molar-refractivity contribution in [3.63, 3.8) is 0 Å². The monoisotopic (exact) mass is 280 g/mol. The molecule has 2 aromatic heterocycles. The average Bonchev–Trinajstić information content (AvgIpc) is 3.14. The van der Waals surface area contributed by atoms with E-state index in [-0.39, 0.29) is 0 Å². The zero-order valence-electron chi connectivity index (χ0n) is 11.3. The Labute approximate surface area is 121 Å². The van der Waals surface area contributed by atoms with Crippen molar-refractivity contribution in [1.82, 2.24) is 10.1 Å². The smallest absolute Gasteiger partial charge is 0.260 e.